The fourth-order valence-corrected chi connectivity index (χ4v) is 2.05. The lowest BCUT2D eigenvalue weighted by Crippen LogP contribution is -2.08. The minimum absolute atomic E-state index is 0.104. The van der Waals surface area contributed by atoms with Crippen LogP contribution < -0.4 is 0 Å². The van der Waals surface area contributed by atoms with Crippen molar-refractivity contribution < 1.29 is 10.2 Å². The normalized spacial score (nSPS) is 13.8. The molecule has 0 saturated heterocycles. The van der Waals surface area contributed by atoms with Crippen molar-refractivity contribution >= 4 is 0 Å². The van der Waals surface area contributed by atoms with Gasteiger partial charge in [0.05, 0.1) is 6.10 Å². The van der Waals surface area contributed by atoms with Crippen molar-refractivity contribution in [2.75, 3.05) is 0 Å². The zero-order valence-corrected chi connectivity index (χ0v) is 10.0. The molecule has 2 heteroatoms. The third-order valence-electron chi connectivity index (χ3n) is 3.03. The molecule has 0 aromatic heterocycles. The summed E-state index contributed by atoms with van der Waals surface area (Å²) in [7, 11) is 0. The molecular weight excluding hydrogens is 224 g/mol. The number of hydrogen-bond donors (Lipinski definition) is 2. The highest BCUT2D eigenvalue weighted by Crippen LogP contribution is 2.35. The number of aliphatic hydroxyl groups is 1. The Labute approximate surface area is 107 Å². The first kappa shape index (κ1) is 12.4. The first-order valence-electron chi connectivity index (χ1n) is 5.87. The van der Waals surface area contributed by atoms with Crippen LogP contribution in [0.15, 0.2) is 67.3 Å². The first-order chi connectivity index (χ1) is 8.74. The van der Waals surface area contributed by atoms with Gasteiger partial charge in [-0.15, -0.1) is 6.58 Å². The van der Waals surface area contributed by atoms with E-state index in [0.29, 0.717) is 5.56 Å². The molecule has 18 heavy (non-hydrogen) atoms. The summed E-state index contributed by atoms with van der Waals surface area (Å²) in [5.41, 5.74) is 1.49. The minimum atomic E-state index is -0.800. The van der Waals surface area contributed by atoms with Crippen LogP contribution in [0.25, 0.3) is 0 Å². The summed E-state index contributed by atoms with van der Waals surface area (Å²) in [6.45, 7) is 3.77. The molecule has 2 N–H and O–H groups in total. The maximum Gasteiger partial charge on any atom is 0.121 e. The highest BCUT2D eigenvalue weighted by Gasteiger charge is 2.21. The number of phenolic OH excluding ortho intramolecular Hbond substituents is 1. The predicted octanol–water partition coefficient (Wildman–Crippen LogP) is 3.40. The van der Waals surface area contributed by atoms with E-state index >= 15 is 0 Å². The standard InChI is InChI=1S/C16H16O2/c1-2-13(12-8-4-3-5-9-12)16(18)14-10-6-7-11-15(14)17/h2-11,13,16-18H,1H2/t13-,16+/m1/s1. The molecular formula is C16H16O2. The minimum Gasteiger partial charge on any atom is -0.508 e. The molecule has 0 aliphatic heterocycles. The number of benzene rings is 2. The van der Waals surface area contributed by atoms with Crippen molar-refractivity contribution in [3.8, 4) is 5.75 Å². The van der Waals surface area contributed by atoms with Gasteiger partial charge in [-0.3, -0.25) is 0 Å². The number of hydrogen-bond acceptors (Lipinski definition) is 2. The van der Waals surface area contributed by atoms with E-state index in [2.05, 4.69) is 6.58 Å². The van der Waals surface area contributed by atoms with Crippen molar-refractivity contribution in [2.45, 2.75) is 12.0 Å². The van der Waals surface area contributed by atoms with Crippen molar-refractivity contribution in [3.05, 3.63) is 78.4 Å². The first-order valence-corrected chi connectivity index (χ1v) is 5.87. The molecule has 0 bridgehead atoms. The second-order valence-electron chi connectivity index (χ2n) is 4.18. The molecule has 2 aromatic rings. The average Bonchev–Trinajstić information content (AvgIpc) is 2.41. The highest BCUT2D eigenvalue weighted by atomic mass is 16.3. The summed E-state index contributed by atoms with van der Waals surface area (Å²) < 4.78 is 0. The predicted molar refractivity (Wildman–Crippen MR) is 72.4 cm³/mol. The summed E-state index contributed by atoms with van der Waals surface area (Å²) in [6, 6.07) is 16.5. The van der Waals surface area contributed by atoms with E-state index in [-0.39, 0.29) is 11.7 Å². The summed E-state index contributed by atoms with van der Waals surface area (Å²) in [5, 5.41) is 20.2. The molecule has 0 unspecified atom stereocenters. The van der Waals surface area contributed by atoms with Crippen LogP contribution in [0.3, 0.4) is 0 Å². The molecule has 0 amide bonds. The Balaban J connectivity index is 2.35. The molecule has 0 spiro atoms. The third kappa shape index (κ3) is 2.44. The van der Waals surface area contributed by atoms with E-state index in [0.717, 1.165) is 5.56 Å². The lowest BCUT2D eigenvalue weighted by molar-refractivity contribution is 0.158. The van der Waals surface area contributed by atoms with E-state index in [1.807, 2.05) is 30.3 Å². The quantitative estimate of drug-likeness (QED) is 0.804. The Hall–Kier alpha value is -2.06. The van der Waals surface area contributed by atoms with Gasteiger partial charge < -0.3 is 10.2 Å². The van der Waals surface area contributed by atoms with Crippen LogP contribution in [0.2, 0.25) is 0 Å². The van der Waals surface area contributed by atoms with Gasteiger partial charge in [-0.1, -0.05) is 54.6 Å². The molecule has 0 saturated carbocycles. The molecule has 2 aromatic carbocycles. The monoisotopic (exact) mass is 240 g/mol. The topological polar surface area (TPSA) is 40.5 Å². The molecule has 0 aliphatic carbocycles. The molecule has 2 atom stereocenters. The SMILES string of the molecule is C=C[C@H](c1ccccc1)[C@H](O)c1ccccc1O. The van der Waals surface area contributed by atoms with Gasteiger partial charge in [0.15, 0.2) is 0 Å². The lowest BCUT2D eigenvalue weighted by Gasteiger charge is -2.21. The summed E-state index contributed by atoms with van der Waals surface area (Å²) in [4.78, 5) is 0. The van der Waals surface area contributed by atoms with E-state index in [9.17, 15) is 10.2 Å². The van der Waals surface area contributed by atoms with Crippen molar-refractivity contribution in [1.82, 2.24) is 0 Å². The Morgan fingerprint density at radius 2 is 1.56 bits per heavy atom. The van der Waals surface area contributed by atoms with Gasteiger partial charge in [-0.05, 0) is 11.6 Å². The van der Waals surface area contributed by atoms with Gasteiger partial charge >= 0.3 is 0 Å². The molecule has 0 fully saturated rings. The van der Waals surface area contributed by atoms with Crippen LogP contribution in [-0.4, -0.2) is 10.2 Å². The summed E-state index contributed by atoms with van der Waals surface area (Å²) in [6.07, 6.45) is 0.901. The summed E-state index contributed by atoms with van der Waals surface area (Å²) >= 11 is 0. The molecule has 0 heterocycles. The van der Waals surface area contributed by atoms with Gasteiger partial charge in [0.1, 0.15) is 5.75 Å². The Morgan fingerprint density at radius 3 is 2.17 bits per heavy atom. The maximum atomic E-state index is 10.4. The zero-order chi connectivity index (χ0) is 13.0. The molecule has 0 radical (unpaired) electrons. The Bertz CT molecular complexity index is 520. The second kappa shape index (κ2) is 5.52. The van der Waals surface area contributed by atoms with E-state index in [1.54, 1.807) is 30.3 Å². The van der Waals surface area contributed by atoms with Gasteiger partial charge in [0, 0.05) is 11.5 Å². The number of aromatic hydroxyl groups is 1. The van der Waals surface area contributed by atoms with Crippen molar-refractivity contribution in [2.24, 2.45) is 0 Å². The van der Waals surface area contributed by atoms with Crippen molar-refractivity contribution in [3.63, 3.8) is 0 Å². The van der Waals surface area contributed by atoms with Crippen molar-refractivity contribution in [1.29, 1.82) is 0 Å². The Morgan fingerprint density at radius 1 is 0.944 bits per heavy atom. The zero-order valence-electron chi connectivity index (χ0n) is 10.0. The van der Waals surface area contributed by atoms with Gasteiger partial charge in [0.2, 0.25) is 0 Å². The van der Waals surface area contributed by atoms with Crippen LogP contribution in [0.5, 0.6) is 5.75 Å². The van der Waals surface area contributed by atoms with Gasteiger partial charge in [-0.25, -0.2) is 0 Å². The number of phenols is 1. The molecule has 92 valence electrons. The van der Waals surface area contributed by atoms with E-state index < -0.39 is 6.10 Å². The van der Waals surface area contributed by atoms with E-state index in [1.165, 1.54) is 0 Å². The number of para-hydroxylation sites is 1. The van der Waals surface area contributed by atoms with Crippen LogP contribution in [-0.2, 0) is 0 Å². The maximum absolute atomic E-state index is 10.4. The Kier molecular flexibility index (Phi) is 3.80. The fraction of sp³-hybridized carbons (Fsp3) is 0.125. The average molecular weight is 240 g/mol. The highest BCUT2D eigenvalue weighted by molar-refractivity contribution is 5.37. The fourth-order valence-electron chi connectivity index (χ4n) is 2.05. The molecule has 2 rings (SSSR count). The smallest absolute Gasteiger partial charge is 0.121 e. The van der Waals surface area contributed by atoms with Gasteiger partial charge in [0.25, 0.3) is 0 Å². The van der Waals surface area contributed by atoms with Crippen LogP contribution in [0, 0.1) is 0 Å². The van der Waals surface area contributed by atoms with E-state index in [4.69, 9.17) is 0 Å². The number of aliphatic hydroxyl groups excluding tert-OH is 1. The molecule has 0 aliphatic rings. The largest absolute Gasteiger partial charge is 0.508 e. The lowest BCUT2D eigenvalue weighted by atomic mass is 9.89. The molecule has 2 nitrogen and oxygen atoms in total. The van der Waals surface area contributed by atoms with Crippen LogP contribution >= 0.6 is 0 Å². The second-order valence-corrected chi connectivity index (χ2v) is 4.18. The number of rotatable bonds is 4. The van der Waals surface area contributed by atoms with Crippen LogP contribution in [0.4, 0.5) is 0 Å². The summed E-state index contributed by atoms with van der Waals surface area (Å²) in [5.74, 6) is -0.132. The van der Waals surface area contributed by atoms with Crippen LogP contribution in [0.1, 0.15) is 23.1 Å². The van der Waals surface area contributed by atoms with Gasteiger partial charge in [-0.2, -0.15) is 0 Å². The third-order valence-corrected chi connectivity index (χ3v) is 3.03.